The van der Waals surface area contributed by atoms with E-state index in [2.05, 4.69) is 12.2 Å². The Kier molecular flexibility index (Phi) is 14.9. The molecule has 45 heavy (non-hydrogen) atoms. The van der Waals surface area contributed by atoms with Crippen LogP contribution >= 0.6 is 0 Å². The number of nitrogens with one attached hydrogen (secondary N) is 1. The van der Waals surface area contributed by atoms with Gasteiger partial charge >= 0.3 is 6.09 Å². The molecule has 2 aromatic carbocycles. The molecule has 0 aliphatic carbocycles. The number of unbranched alkanes of at least 4 members (excludes halogenated alkanes) is 1. The van der Waals surface area contributed by atoms with Crippen LogP contribution in [0, 0.1) is 11.8 Å². The van der Waals surface area contributed by atoms with Gasteiger partial charge in [-0.3, -0.25) is 0 Å². The number of hydrogen-bond acceptors (Lipinski definition) is 9. The average molecular weight is 651 g/mol. The third-order valence-corrected chi connectivity index (χ3v) is 9.51. The van der Waals surface area contributed by atoms with Crippen molar-refractivity contribution in [2.24, 2.45) is 11.8 Å². The Bertz CT molecular complexity index is 1260. The van der Waals surface area contributed by atoms with E-state index in [4.69, 9.17) is 23.7 Å². The summed E-state index contributed by atoms with van der Waals surface area (Å²) >= 11 is 0. The number of nitrogens with zero attached hydrogens (tertiary/aromatic N) is 1. The van der Waals surface area contributed by atoms with E-state index in [0.29, 0.717) is 32.0 Å². The summed E-state index contributed by atoms with van der Waals surface area (Å²) in [5.41, 5.74) is 0.831. The van der Waals surface area contributed by atoms with Crippen molar-refractivity contribution in [2.45, 2.75) is 69.6 Å². The lowest BCUT2D eigenvalue weighted by Crippen LogP contribution is -2.51. The maximum Gasteiger partial charge on any atom is 0.407 e. The summed E-state index contributed by atoms with van der Waals surface area (Å²) in [7, 11) is -0.847. The normalized spacial score (nSPS) is 18.1. The quantitative estimate of drug-likeness (QED) is 0.214. The third-order valence-electron chi connectivity index (χ3n) is 7.66. The van der Waals surface area contributed by atoms with Gasteiger partial charge in [0, 0.05) is 32.7 Å². The smallest absolute Gasteiger partial charge is 0.407 e. The molecule has 11 nitrogen and oxygen atoms in total. The molecule has 2 aromatic rings. The van der Waals surface area contributed by atoms with Crippen LogP contribution in [0.2, 0.25) is 0 Å². The summed E-state index contributed by atoms with van der Waals surface area (Å²) < 4.78 is 56.1. The highest BCUT2D eigenvalue weighted by atomic mass is 32.2. The molecule has 1 aliphatic rings. The van der Waals surface area contributed by atoms with E-state index in [-0.39, 0.29) is 42.8 Å². The Labute approximate surface area is 268 Å². The Morgan fingerprint density at radius 2 is 1.71 bits per heavy atom. The molecule has 1 saturated heterocycles. The maximum atomic E-state index is 13.7. The average Bonchev–Trinajstić information content (AvgIpc) is 3.46. The molecule has 1 aliphatic heterocycles. The predicted molar refractivity (Wildman–Crippen MR) is 171 cm³/mol. The van der Waals surface area contributed by atoms with E-state index >= 15 is 0 Å². The van der Waals surface area contributed by atoms with E-state index in [0.717, 1.165) is 24.2 Å². The second-order valence-electron chi connectivity index (χ2n) is 11.8. The highest BCUT2D eigenvalue weighted by Crippen LogP contribution is 2.23. The van der Waals surface area contributed by atoms with Crippen LogP contribution in [0.1, 0.15) is 45.6 Å². The number of carbonyl (C=O) groups is 1. The molecule has 252 valence electrons. The van der Waals surface area contributed by atoms with Crippen LogP contribution in [0.3, 0.4) is 0 Å². The van der Waals surface area contributed by atoms with Gasteiger partial charge in [-0.05, 0) is 67.1 Å². The van der Waals surface area contributed by atoms with Crippen molar-refractivity contribution in [1.29, 1.82) is 0 Å². The van der Waals surface area contributed by atoms with Gasteiger partial charge in [-0.1, -0.05) is 39.3 Å². The lowest BCUT2D eigenvalue weighted by molar-refractivity contribution is 0.0510. The topological polar surface area (TPSA) is 133 Å². The summed E-state index contributed by atoms with van der Waals surface area (Å²) in [5.74, 6) is 1.24. The van der Waals surface area contributed by atoms with Gasteiger partial charge in [-0.25, -0.2) is 13.2 Å². The van der Waals surface area contributed by atoms with Gasteiger partial charge in [-0.2, -0.15) is 4.31 Å². The van der Waals surface area contributed by atoms with E-state index in [9.17, 15) is 18.3 Å². The van der Waals surface area contributed by atoms with Gasteiger partial charge in [0.2, 0.25) is 10.0 Å². The van der Waals surface area contributed by atoms with Crippen LogP contribution in [0.4, 0.5) is 4.79 Å². The van der Waals surface area contributed by atoms with Crippen LogP contribution in [0.25, 0.3) is 0 Å². The van der Waals surface area contributed by atoms with Crippen LogP contribution in [0.15, 0.2) is 53.4 Å². The van der Waals surface area contributed by atoms with Crippen molar-refractivity contribution < 1.29 is 42.0 Å². The van der Waals surface area contributed by atoms with Gasteiger partial charge in [0.25, 0.3) is 0 Å². The minimum atomic E-state index is -3.97. The van der Waals surface area contributed by atoms with Crippen LogP contribution in [0.5, 0.6) is 11.5 Å². The number of hydrogen-bond donors (Lipinski definition) is 2. The number of carbonyl (C=O) groups excluding carboxylic acids is 1. The molecule has 12 heteroatoms. The number of aliphatic hydroxyl groups excluding tert-OH is 1. The summed E-state index contributed by atoms with van der Waals surface area (Å²) in [4.78, 5) is 13.3. The van der Waals surface area contributed by atoms with E-state index < -0.39 is 34.4 Å². The summed E-state index contributed by atoms with van der Waals surface area (Å²) in [6.45, 7) is 7.72. The zero-order valence-corrected chi connectivity index (χ0v) is 28.0. The van der Waals surface area contributed by atoms with E-state index in [1.54, 1.807) is 19.2 Å². The highest BCUT2D eigenvalue weighted by molar-refractivity contribution is 7.89. The molecule has 0 aromatic heterocycles. The third kappa shape index (κ3) is 11.4. The standard InChI is InChI=1S/C33H50N2O9S/c1-6-7-17-43-28-10-8-25(9-11-28)19-30(34-33(37)44-32-23-42-22-26(32)16-18-40-4)31(36)21-35(20-24(2)3)45(38,39)29-14-12-27(41-5)13-15-29/h8-15,24,26,30-32,36H,6-7,16-23H2,1-5H3,(H,34,37)/t26-,30+,31+,32?/m1/s1. The molecule has 1 fully saturated rings. The molecule has 4 atom stereocenters. The lowest BCUT2D eigenvalue weighted by Gasteiger charge is -2.31. The minimum absolute atomic E-state index is 0.00417. The van der Waals surface area contributed by atoms with Crippen LogP contribution in [-0.4, -0.2) is 95.9 Å². The van der Waals surface area contributed by atoms with Crippen LogP contribution in [-0.2, 0) is 30.7 Å². The molecular formula is C33H50N2O9S. The molecule has 0 saturated carbocycles. The predicted octanol–water partition coefficient (Wildman–Crippen LogP) is 4.27. The maximum absolute atomic E-state index is 13.7. The molecule has 1 amide bonds. The van der Waals surface area contributed by atoms with Crippen LogP contribution < -0.4 is 14.8 Å². The van der Waals surface area contributed by atoms with Gasteiger partial charge in [0.15, 0.2) is 0 Å². The van der Waals surface area contributed by atoms with Gasteiger partial charge < -0.3 is 34.1 Å². The number of rotatable bonds is 19. The van der Waals surface area contributed by atoms with E-state index in [1.807, 2.05) is 38.1 Å². The van der Waals surface area contributed by atoms with Crippen molar-refractivity contribution in [3.63, 3.8) is 0 Å². The zero-order chi connectivity index (χ0) is 32.8. The molecule has 3 rings (SSSR count). The first kappa shape index (κ1) is 36.6. The Balaban J connectivity index is 1.81. The number of benzene rings is 2. The summed E-state index contributed by atoms with van der Waals surface area (Å²) in [6, 6.07) is 12.7. The number of amides is 1. The fourth-order valence-corrected chi connectivity index (χ4v) is 6.70. The Hall–Kier alpha value is -2.90. The molecule has 2 N–H and O–H groups in total. The second-order valence-corrected chi connectivity index (χ2v) is 13.7. The van der Waals surface area contributed by atoms with Gasteiger partial charge in [0.05, 0.1) is 44.0 Å². The second kappa shape index (κ2) is 18.3. The van der Waals surface area contributed by atoms with Crippen molar-refractivity contribution >= 4 is 16.1 Å². The van der Waals surface area contributed by atoms with Gasteiger partial charge in [-0.15, -0.1) is 0 Å². The molecular weight excluding hydrogens is 600 g/mol. The van der Waals surface area contributed by atoms with Crippen molar-refractivity contribution in [2.75, 3.05) is 53.7 Å². The number of methoxy groups -OCH3 is 2. The molecule has 0 bridgehead atoms. The Morgan fingerprint density at radius 3 is 2.33 bits per heavy atom. The molecule has 1 heterocycles. The SMILES string of the molecule is CCCCOc1ccc(C[C@H](NC(=O)OC2COC[C@H]2CCOC)[C@@H](O)CN(CC(C)C)S(=O)(=O)c2ccc(OC)cc2)cc1. The Morgan fingerprint density at radius 1 is 1.02 bits per heavy atom. The largest absolute Gasteiger partial charge is 0.497 e. The fraction of sp³-hybridized carbons (Fsp3) is 0.606. The van der Waals surface area contributed by atoms with Crippen molar-refractivity contribution in [3.05, 3.63) is 54.1 Å². The minimum Gasteiger partial charge on any atom is -0.497 e. The van der Waals surface area contributed by atoms with E-state index in [1.165, 1.54) is 23.5 Å². The first-order valence-electron chi connectivity index (χ1n) is 15.6. The first-order valence-corrected chi connectivity index (χ1v) is 17.1. The molecule has 0 spiro atoms. The number of aliphatic hydroxyl groups is 1. The zero-order valence-electron chi connectivity index (χ0n) is 27.1. The number of ether oxygens (including phenoxy) is 5. The molecule has 1 unspecified atom stereocenters. The number of alkyl carbamates (subject to hydrolysis) is 1. The lowest BCUT2D eigenvalue weighted by atomic mass is 10.0. The highest BCUT2D eigenvalue weighted by Gasteiger charge is 2.34. The number of sulfonamides is 1. The fourth-order valence-electron chi connectivity index (χ4n) is 5.07. The monoisotopic (exact) mass is 650 g/mol. The first-order chi connectivity index (χ1) is 21.6. The van der Waals surface area contributed by atoms with Crippen molar-refractivity contribution in [3.8, 4) is 11.5 Å². The van der Waals surface area contributed by atoms with Gasteiger partial charge in [0.1, 0.15) is 17.6 Å². The summed E-state index contributed by atoms with van der Waals surface area (Å²) in [6.07, 6.45) is 0.483. The summed E-state index contributed by atoms with van der Waals surface area (Å²) in [5, 5.41) is 14.4. The molecule has 0 radical (unpaired) electrons. The van der Waals surface area contributed by atoms with Crippen molar-refractivity contribution in [1.82, 2.24) is 9.62 Å².